The molecule has 2 saturated heterocycles. The minimum Gasteiger partial charge on any atom is -0.478 e. The van der Waals surface area contributed by atoms with E-state index in [1.54, 1.807) is 49.5 Å². The molecule has 0 amide bonds. The van der Waals surface area contributed by atoms with E-state index in [1.807, 2.05) is 58.8 Å². The van der Waals surface area contributed by atoms with Crippen molar-refractivity contribution in [2.75, 3.05) is 32.7 Å². The van der Waals surface area contributed by atoms with Gasteiger partial charge >= 0.3 is 48.7 Å². The Kier molecular flexibility index (Phi) is 25.0. The zero-order valence-electron chi connectivity index (χ0n) is 49.4. The molecule has 0 atom stereocenters. The van der Waals surface area contributed by atoms with Crippen LogP contribution in [0.25, 0.3) is 0 Å². The molecule has 28 heteroatoms. The summed E-state index contributed by atoms with van der Waals surface area (Å²) in [6, 6.07) is 18.2. The first-order valence-corrected chi connectivity index (χ1v) is 26.4. The molecule has 8 N–H and O–H groups in total. The number of hydrogen-bond acceptors (Lipinski definition) is 22. The van der Waals surface area contributed by atoms with Crippen molar-refractivity contribution in [2.24, 2.45) is 0 Å². The van der Waals surface area contributed by atoms with Gasteiger partial charge in [-0.25, -0.2) is 19.9 Å². The third-order valence-electron chi connectivity index (χ3n) is 13.4. The highest BCUT2D eigenvalue weighted by atomic mass is 16.7. The maximum atomic E-state index is 8.76. The van der Waals surface area contributed by atoms with Gasteiger partial charge in [0, 0.05) is 95.9 Å². The van der Waals surface area contributed by atoms with Crippen molar-refractivity contribution < 1.29 is 68.3 Å². The van der Waals surface area contributed by atoms with E-state index in [1.165, 1.54) is 50.4 Å². The summed E-state index contributed by atoms with van der Waals surface area (Å²) in [7, 11) is -1.20. The Morgan fingerprint density at radius 2 is 0.963 bits per heavy atom. The van der Waals surface area contributed by atoms with Crippen LogP contribution in [0.2, 0.25) is 0 Å². The number of nitrogens with zero attached hydrogens (tertiary/aromatic N) is 8. The monoisotopic (exact) mass is 1120 g/mol. The van der Waals surface area contributed by atoms with E-state index in [4.69, 9.17) is 63.5 Å². The quantitative estimate of drug-likeness (QED) is 0.0778. The maximum Gasteiger partial charge on any atom is 0.494 e. The Bertz CT molecular complexity index is 2800. The molecule has 8 heterocycles. The maximum absolute atomic E-state index is 8.76. The summed E-state index contributed by atoms with van der Waals surface area (Å²) in [5.74, 6) is 1.93. The molecule has 0 spiro atoms. The zero-order valence-corrected chi connectivity index (χ0v) is 49.4. The molecule has 22 nitrogen and oxygen atoms in total. The summed E-state index contributed by atoms with van der Waals surface area (Å²) in [6.07, 6.45) is 9.46. The smallest absolute Gasteiger partial charge is 0.478 e. The van der Waals surface area contributed by atoms with E-state index in [0.29, 0.717) is 34.8 Å². The first-order valence-electron chi connectivity index (χ1n) is 26.4. The number of anilines is 1. The summed E-state index contributed by atoms with van der Waals surface area (Å²) < 4.78 is 34.0. The van der Waals surface area contributed by atoms with E-state index in [2.05, 4.69) is 107 Å². The van der Waals surface area contributed by atoms with Crippen LogP contribution in [0.5, 0.6) is 11.9 Å². The lowest BCUT2D eigenvalue weighted by molar-refractivity contribution is 0.00578. The van der Waals surface area contributed by atoms with Crippen LogP contribution in [0.1, 0.15) is 110 Å². The number of methoxy groups -OCH3 is 1. The molecule has 0 unspecified atom stereocenters. The van der Waals surface area contributed by atoms with Crippen LogP contribution in [0.4, 0.5) is 5.82 Å². The lowest BCUT2D eigenvalue weighted by Gasteiger charge is -2.32. The molecule has 9 rings (SSSR count). The molecule has 6 aromatic rings. The molecular formula is C53H78B6N8O14. The van der Waals surface area contributed by atoms with Crippen LogP contribution in [0.3, 0.4) is 0 Å². The van der Waals surface area contributed by atoms with Crippen LogP contribution in [-0.2, 0) is 18.6 Å². The van der Waals surface area contributed by atoms with Gasteiger partial charge in [-0.2, -0.15) is 0 Å². The van der Waals surface area contributed by atoms with Gasteiger partial charge in [0.15, 0.2) is 0 Å². The van der Waals surface area contributed by atoms with Gasteiger partial charge in [-0.3, -0.25) is 15.0 Å². The molecular weight excluding hydrogens is 1040 g/mol. The van der Waals surface area contributed by atoms with Gasteiger partial charge < -0.3 is 73.2 Å². The van der Waals surface area contributed by atoms with Gasteiger partial charge in [-0.1, -0.05) is 12.1 Å². The molecule has 3 fully saturated rings. The average molecular weight is 1120 g/mol. The fourth-order valence-corrected chi connectivity index (χ4v) is 7.29. The van der Waals surface area contributed by atoms with Crippen molar-refractivity contribution in [2.45, 2.75) is 131 Å². The van der Waals surface area contributed by atoms with E-state index in [9.17, 15) is 0 Å². The van der Waals surface area contributed by atoms with Crippen molar-refractivity contribution in [3.63, 3.8) is 0 Å². The fraction of sp³-hybridized carbons (Fsp3) is 0.453. The van der Waals surface area contributed by atoms with Crippen LogP contribution in [0, 0.1) is 27.7 Å². The molecule has 2 aliphatic heterocycles. The second-order valence-corrected chi connectivity index (χ2v) is 21.5. The molecule has 1 aliphatic carbocycles. The first kappa shape index (κ1) is 67.6. The van der Waals surface area contributed by atoms with E-state index >= 15 is 0 Å². The minimum absolute atomic E-state index is 0.203. The van der Waals surface area contributed by atoms with E-state index in [-0.39, 0.29) is 48.1 Å². The Labute approximate surface area is 478 Å². The van der Waals surface area contributed by atoms with Crippen molar-refractivity contribution in [3.05, 3.63) is 120 Å². The molecule has 432 valence electrons. The van der Waals surface area contributed by atoms with Crippen LogP contribution in [-0.4, -0.2) is 168 Å². The van der Waals surface area contributed by atoms with Crippen molar-refractivity contribution in [1.82, 2.24) is 34.9 Å². The number of aryl methyl sites for hydroxylation is 4. The van der Waals surface area contributed by atoms with Crippen LogP contribution < -0.4 is 47.2 Å². The molecule has 0 radical (unpaired) electrons. The van der Waals surface area contributed by atoms with Gasteiger partial charge in [0.05, 0.1) is 36.1 Å². The highest BCUT2D eigenvalue weighted by Crippen LogP contribution is 2.40. The number of pyridine rings is 5. The average Bonchev–Trinajstić information content (AvgIpc) is 4.41. The highest BCUT2D eigenvalue weighted by Gasteiger charge is 2.53. The lowest BCUT2D eigenvalue weighted by Crippen LogP contribution is -2.41. The largest absolute Gasteiger partial charge is 0.494 e. The summed E-state index contributed by atoms with van der Waals surface area (Å²) in [5, 5.41) is 69.5. The SMILES string of the molecule is CCOc1ccc(B(O)O)cn1.CN(C)c1ccc(B(O)O)cn1.COc1ncc(B(O)O)cn1.Cc1cc(B(O)O)ccn1.Cc1cc(B2OC(C)(C)C(C)(C)O2)cc(C)n1.Cc1cc(B2OC(C)(C)C(C)(C)O2)cc(C2CC2)n1. The molecule has 81 heavy (non-hydrogen) atoms. The van der Waals surface area contributed by atoms with Gasteiger partial charge in [0.25, 0.3) is 0 Å². The van der Waals surface area contributed by atoms with Crippen molar-refractivity contribution in [3.8, 4) is 11.9 Å². The summed E-state index contributed by atoms with van der Waals surface area (Å²) in [6.45, 7) is 26.8. The Hall–Kier alpha value is -5.86. The van der Waals surface area contributed by atoms with Gasteiger partial charge in [-0.15, -0.1) is 0 Å². The van der Waals surface area contributed by atoms with E-state index in [0.717, 1.165) is 39.5 Å². The molecule has 3 aliphatic rings. The third-order valence-corrected chi connectivity index (χ3v) is 13.4. The third kappa shape index (κ3) is 20.8. The fourth-order valence-electron chi connectivity index (χ4n) is 7.29. The van der Waals surface area contributed by atoms with Crippen LogP contribution >= 0.6 is 0 Å². The lowest BCUT2D eigenvalue weighted by atomic mass is 9.78. The molecule has 0 aromatic carbocycles. The second-order valence-electron chi connectivity index (χ2n) is 21.5. The Balaban J connectivity index is 0.000000213. The van der Waals surface area contributed by atoms with Crippen molar-refractivity contribution >= 4 is 81.3 Å². The second kappa shape index (κ2) is 29.9. The van der Waals surface area contributed by atoms with Gasteiger partial charge in [0.1, 0.15) is 5.82 Å². The Morgan fingerprint density at radius 3 is 1.32 bits per heavy atom. The zero-order chi connectivity index (χ0) is 60.6. The molecule has 0 bridgehead atoms. The standard InChI is InChI=1S/C15H22BNO2.C13H20BNO2.C7H11BN2O2.C7H10BNO3.C6H8BNO2.C5H7BN2O3/c1-10-8-12(9-13(17-10)11-6-7-11)16-18-14(2,3)15(4,5)19-16;1-9-7-11(8-10(2)15-9)14-16-12(3,4)13(5,6)17-14;1-10(2)7-4-3-6(5-9-7)8(11)12;1-2-12-7-4-3-6(5-9-7)8(10)11;1-5-4-6(7(9)10)2-3-8-5;1-11-5-7-2-4(3-8-5)6(9)10/h8-9,11H,6-7H2,1-5H3;7-8H,1-6H3;3-5,11-12H,1-2H3;3-5,10-11H,2H2,1H3;2-4,9-10H,1H3;2-3,9-10H,1H3. The molecule has 6 aromatic heterocycles. The number of ether oxygens (including phenoxy) is 2. The normalized spacial score (nSPS) is 15.7. The minimum atomic E-state index is -1.53. The number of rotatable bonds is 11. The highest BCUT2D eigenvalue weighted by molar-refractivity contribution is 6.63. The summed E-state index contributed by atoms with van der Waals surface area (Å²) in [5.41, 5.74) is 7.52. The predicted octanol–water partition coefficient (Wildman–Crippen LogP) is -0.213. The topological polar surface area (TPSA) is 311 Å². The molecule has 1 saturated carbocycles. The Morgan fingerprint density at radius 1 is 0.531 bits per heavy atom. The van der Waals surface area contributed by atoms with Crippen molar-refractivity contribution in [1.29, 1.82) is 0 Å². The number of aromatic nitrogens is 7. The van der Waals surface area contributed by atoms with E-state index < -0.39 is 28.5 Å². The predicted molar refractivity (Wildman–Crippen MR) is 317 cm³/mol. The first-order chi connectivity index (χ1) is 37.8. The number of hydrogen-bond donors (Lipinski definition) is 8. The van der Waals surface area contributed by atoms with Gasteiger partial charge in [0.2, 0.25) is 5.88 Å². The van der Waals surface area contributed by atoms with Gasteiger partial charge in [-0.05, 0) is 168 Å². The van der Waals surface area contributed by atoms with Crippen LogP contribution in [0.15, 0.2) is 91.6 Å². The summed E-state index contributed by atoms with van der Waals surface area (Å²) >= 11 is 0. The summed E-state index contributed by atoms with van der Waals surface area (Å²) in [4.78, 5) is 29.9.